The van der Waals surface area contributed by atoms with Crippen LogP contribution in [0.15, 0.2) is 4.99 Å². The lowest BCUT2D eigenvalue weighted by Gasteiger charge is -2.15. The second kappa shape index (κ2) is 6.93. The molecule has 1 heterocycles. The van der Waals surface area contributed by atoms with Crippen molar-refractivity contribution in [3.63, 3.8) is 0 Å². The molecule has 0 aromatic carbocycles. The zero-order chi connectivity index (χ0) is 12.3. The Morgan fingerprint density at radius 3 is 2.56 bits per heavy atom. The van der Waals surface area contributed by atoms with Gasteiger partial charge in [-0.05, 0) is 32.1 Å². The number of guanidine groups is 1. The molecule has 2 aliphatic rings. The van der Waals surface area contributed by atoms with Crippen LogP contribution in [0.2, 0.25) is 0 Å². The molecule has 18 heavy (non-hydrogen) atoms. The highest BCUT2D eigenvalue weighted by atomic mass is 127. The number of hydrogen-bond acceptors (Lipinski definition) is 3. The van der Waals surface area contributed by atoms with Gasteiger partial charge in [0.2, 0.25) is 0 Å². The standard InChI is InChI=1S/C11H21N3O2S.HI/c1-2-12-11(13-7-9-3-4-9)14-10-5-6-17(15,16)8-10;/h9-10H,2-8H2,1H3,(H2,12,13,14);1H. The molecule has 1 atom stereocenters. The number of halogens is 1. The Bertz CT molecular complexity index is 393. The van der Waals surface area contributed by atoms with E-state index >= 15 is 0 Å². The van der Waals surface area contributed by atoms with E-state index < -0.39 is 9.84 Å². The summed E-state index contributed by atoms with van der Waals surface area (Å²) in [5, 5.41) is 6.38. The van der Waals surface area contributed by atoms with Crippen molar-refractivity contribution in [2.24, 2.45) is 10.9 Å². The lowest BCUT2D eigenvalue weighted by molar-refractivity contribution is 0.599. The summed E-state index contributed by atoms with van der Waals surface area (Å²) in [5.41, 5.74) is 0. The maximum atomic E-state index is 11.4. The first-order valence-corrected chi connectivity index (χ1v) is 8.16. The molecule has 1 saturated heterocycles. The molecule has 5 nitrogen and oxygen atoms in total. The van der Waals surface area contributed by atoms with E-state index in [1.165, 1.54) is 12.8 Å². The van der Waals surface area contributed by atoms with Gasteiger partial charge in [-0.2, -0.15) is 0 Å². The summed E-state index contributed by atoms with van der Waals surface area (Å²) in [7, 11) is -2.82. The van der Waals surface area contributed by atoms with E-state index in [0.29, 0.717) is 12.2 Å². The van der Waals surface area contributed by atoms with Crippen molar-refractivity contribution < 1.29 is 8.42 Å². The van der Waals surface area contributed by atoms with Crippen molar-refractivity contribution >= 4 is 39.8 Å². The third-order valence-corrected chi connectivity index (χ3v) is 4.89. The highest BCUT2D eigenvalue weighted by Gasteiger charge is 2.28. The summed E-state index contributed by atoms with van der Waals surface area (Å²) in [4.78, 5) is 4.49. The lowest BCUT2D eigenvalue weighted by atomic mass is 10.3. The predicted octanol–water partition coefficient (Wildman–Crippen LogP) is 0.757. The zero-order valence-corrected chi connectivity index (χ0v) is 13.8. The van der Waals surface area contributed by atoms with Gasteiger partial charge in [0.15, 0.2) is 15.8 Å². The predicted molar refractivity (Wildman–Crippen MR) is 84.3 cm³/mol. The molecule has 1 saturated carbocycles. The number of hydrogen-bond donors (Lipinski definition) is 2. The quantitative estimate of drug-likeness (QED) is 0.425. The summed E-state index contributed by atoms with van der Waals surface area (Å²) < 4.78 is 22.7. The average molecular weight is 387 g/mol. The molecule has 0 amide bonds. The van der Waals surface area contributed by atoms with E-state index in [-0.39, 0.29) is 35.8 Å². The minimum atomic E-state index is -2.82. The number of aliphatic imine (C=N–C) groups is 1. The summed E-state index contributed by atoms with van der Waals surface area (Å²) in [5.74, 6) is 2.05. The Labute approximate surface area is 126 Å². The van der Waals surface area contributed by atoms with Gasteiger partial charge in [0.1, 0.15) is 0 Å². The second-order valence-corrected chi connectivity index (χ2v) is 7.14. The smallest absolute Gasteiger partial charge is 0.191 e. The van der Waals surface area contributed by atoms with Gasteiger partial charge in [0.05, 0.1) is 11.5 Å². The fourth-order valence-corrected chi connectivity index (χ4v) is 3.62. The number of sulfone groups is 1. The third kappa shape index (κ3) is 5.29. The molecular formula is C11H22IN3O2S. The number of nitrogens with zero attached hydrogens (tertiary/aromatic N) is 1. The van der Waals surface area contributed by atoms with Crippen LogP contribution >= 0.6 is 24.0 Å². The van der Waals surface area contributed by atoms with Gasteiger partial charge in [-0.1, -0.05) is 0 Å². The van der Waals surface area contributed by atoms with Crippen LogP contribution < -0.4 is 10.6 Å². The molecule has 0 aromatic heterocycles. The van der Waals surface area contributed by atoms with Crippen molar-refractivity contribution in [1.29, 1.82) is 0 Å². The zero-order valence-electron chi connectivity index (χ0n) is 10.7. The Morgan fingerprint density at radius 1 is 1.33 bits per heavy atom. The van der Waals surface area contributed by atoms with E-state index in [9.17, 15) is 8.42 Å². The highest BCUT2D eigenvalue weighted by molar-refractivity contribution is 14.0. The van der Waals surface area contributed by atoms with Crippen molar-refractivity contribution in [3.05, 3.63) is 0 Å². The summed E-state index contributed by atoms with van der Waals surface area (Å²) in [6, 6.07) is 0.0250. The van der Waals surface area contributed by atoms with Crippen LogP contribution in [0.3, 0.4) is 0 Å². The van der Waals surface area contributed by atoms with Crippen molar-refractivity contribution in [3.8, 4) is 0 Å². The average Bonchev–Trinajstić information content (AvgIpc) is 3.01. The highest BCUT2D eigenvalue weighted by Crippen LogP contribution is 2.28. The second-order valence-electron chi connectivity index (χ2n) is 4.91. The van der Waals surface area contributed by atoms with Gasteiger partial charge in [-0.3, -0.25) is 4.99 Å². The van der Waals surface area contributed by atoms with Crippen LogP contribution in [-0.2, 0) is 9.84 Å². The Morgan fingerprint density at radius 2 is 2.06 bits per heavy atom. The molecule has 0 spiro atoms. The normalized spacial score (nSPS) is 26.5. The van der Waals surface area contributed by atoms with E-state index in [2.05, 4.69) is 15.6 Å². The minimum absolute atomic E-state index is 0. The van der Waals surface area contributed by atoms with E-state index in [0.717, 1.165) is 25.0 Å². The van der Waals surface area contributed by atoms with Crippen LogP contribution in [0.1, 0.15) is 26.2 Å². The first kappa shape index (κ1) is 16.0. The van der Waals surface area contributed by atoms with Gasteiger partial charge < -0.3 is 10.6 Å². The summed E-state index contributed by atoms with van der Waals surface area (Å²) in [6.45, 7) is 3.67. The number of rotatable bonds is 4. The van der Waals surface area contributed by atoms with Crippen molar-refractivity contribution in [2.45, 2.75) is 32.2 Å². The lowest BCUT2D eigenvalue weighted by Crippen LogP contribution is -2.44. The third-order valence-electron chi connectivity index (χ3n) is 3.12. The maximum Gasteiger partial charge on any atom is 0.191 e. The van der Waals surface area contributed by atoms with Crippen LogP contribution in [0.25, 0.3) is 0 Å². The first-order chi connectivity index (χ1) is 8.09. The fraction of sp³-hybridized carbons (Fsp3) is 0.909. The fourth-order valence-electron chi connectivity index (χ4n) is 1.94. The molecule has 7 heteroatoms. The maximum absolute atomic E-state index is 11.4. The van der Waals surface area contributed by atoms with Crippen molar-refractivity contribution in [2.75, 3.05) is 24.6 Å². The minimum Gasteiger partial charge on any atom is -0.357 e. The Kier molecular flexibility index (Phi) is 6.16. The molecule has 0 aromatic rings. The molecule has 0 bridgehead atoms. The topological polar surface area (TPSA) is 70.6 Å². The SMILES string of the molecule is CCNC(=NCC1CC1)NC1CCS(=O)(=O)C1.I. The summed E-state index contributed by atoms with van der Waals surface area (Å²) in [6.07, 6.45) is 3.25. The van der Waals surface area contributed by atoms with Gasteiger partial charge >= 0.3 is 0 Å². The van der Waals surface area contributed by atoms with Crippen molar-refractivity contribution in [1.82, 2.24) is 10.6 Å². The molecule has 1 aliphatic carbocycles. The molecule has 106 valence electrons. The monoisotopic (exact) mass is 387 g/mol. The van der Waals surface area contributed by atoms with Crippen LogP contribution in [-0.4, -0.2) is 45.0 Å². The molecule has 1 aliphatic heterocycles. The molecule has 2 fully saturated rings. The molecule has 0 radical (unpaired) electrons. The van der Waals surface area contributed by atoms with Crippen LogP contribution in [0.5, 0.6) is 0 Å². The van der Waals surface area contributed by atoms with E-state index in [4.69, 9.17) is 0 Å². The van der Waals surface area contributed by atoms with Gasteiger partial charge in [0.25, 0.3) is 0 Å². The molecular weight excluding hydrogens is 365 g/mol. The molecule has 2 N–H and O–H groups in total. The van der Waals surface area contributed by atoms with E-state index in [1.807, 2.05) is 6.92 Å². The van der Waals surface area contributed by atoms with Crippen LogP contribution in [0.4, 0.5) is 0 Å². The largest absolute Gasteiger partial charge is 0.357 e. The Balaban J connectivity index is 0.00000162. The van der Waals surface area contributed by atoms with Crippen LogP contribution in [0, 0.1) is 5.92 Å². The Hall–Kier alpha value is -0.0500. The first-order valence-electron chi connectivity index (χ1n) is 6.34. The van der Waals surface area contributed by atoms with Gasteiger partial charge in [0, 0.05) is 19.1 Å². The van der Waals surface area contributed by atoms with E-state index in [1.54, 1.807) is 0 Å². The molecule has 2 rings (SSSR count). The number of nitrogens with one attached hydrogen (secondary N) is 2. The van der Waals surface area contributed by atoms with Gasteiger partial charge in [-0.25, -0.2) is 8.42 Å². The van der Waals surface area contributed by atoms with Gasteiger partial charge in [-0.15, -0.1) is 24.0 Å². The molecule has 1 unspecified atom stereocenters. The summed E-state index contributed by atoms with van der Waals surface area (Å²) >= 11 is 0.